The lowest BCUT2D eigenvalue weighted by molar-refractivity contribution is 0.0539. The van der Waals surface area contributed by atoms with Gasteiger partial charge < -0.3 is 15.0 Å². The Morgan fingerprint density at radius 1 is 0.765 bits per heavy atom. The van der Waals surface area contributed by atoms with Gasteiger partial charge in [-0.25, -0.2) is 0 Å². The van der Waals surface area contributed by atoms with Crippen LogP contribution in [-0.2, 0) is 18.7 Å². The highest BCUT2D eigenvalue weighted by atomic mass is 16.5. The largest absolute Gasteiger partial charge is 0.489 e. The molecule has 0 spiro atoms. The number of rotatable bonds is 7. The lowest BCUT2D eigenvalue weighted by Crippen LogP contribution is -2.56. The number of benzene rings is 4. The van der Waals surface area contributed by atoms with E-state index in [2.05, 4.69) is 36.5 Å². The van der Waals surface area contributed by atoms with Gasteiger partial charge in [-0.2, -0.15) is 0 Å². The predicted molar refractivity (Wildman–Crippen MR) is 136 cm³/mol. The van der Waals surface area contributed by atoms with E-state index in [0.717, 1.165) is 29.0 Å². The molecule has 1 aliphatic rings. The van der Waals surface area contributed by atoms with E-state index in [1.165, 1.54) is 5.56 Å². The summed E-state index contributed by atoms with van der Waals surface area (Å²) in [7, 11) is 0. The van der Waals surface area contributed by atoms with Gasteiger partial charge in [0.1, 0.15) is 18.0 Å². The molecule has 0 bridgehead atoms. The molecule has 0 aliphatic carbocycles. The highest BCUT2D eigenvalue weighted by molar-refractivity contribution is 6.02. The quantitative estimate of drug-likeness (QED) is 0.363. The number of nitrogens with one attached hydrogen (secondary N) is 1. The van der Waals surface area contributed by atoms with Crippen molar-refractivity contribution in [1.82, 2.24) is 4.90 Å². The third-order valence-electron chi connectivity index (χ3n) is 6.45. The van der Waals surface area contributed by atoms with Crippen LogP contribution in [0.25, 0.3) is 0 Å². The summed E-state index contributed by atoms with van der Waals surface area (Å²) >= 11 is 0. The molecule has 1 unspecified atom stereocenters. The van der Waals surface area contributed by atoms with Crippen LogP contribution >= 0.6 is 0 Å². The standard InChI is InChI=1S/C30H28N2O2/c1-30(25-16-18-26(19-17-25)34-22-24-12-6-3-7-13-24)31-28-15-9-8-14-27(28)29(33)32(30)21-20-23-10-4-2-5-11-23/h2-19,31H,20-22H2,1H3. The molecule has 0 saturated heterocycles. The molecule has 1 atom stereocenters. The Hall–Kier alpha value is -4.05. The average Bonchev–Trinajstić information content (AvgIpc) is 2.89. The van der Waals surface area contributed by atoms with E-state index in [9.17, 15) is 4.79 Å². The Balaban J connectivity index is 1.41. The lowest BCUT2D eigenvalue weighted by atomic mass is 9.93. The van der Waals surface area contributed by atoms with Crippen LogP contribution in [0.15, 0.2) is 109 Å². The van der Waals surface area contributed by atoms with Crippen LogP contribution in [0.5, 0.6) is 5.75 Å². The number of carbonyl (C=O) groups is 1. The minimum atomic E-state index is -0.682. The van der Waals surface area contributed by atoms with Crippen molar-refractivity contribution in [2.24, 2.45) is 0 Å². The molecule has 4 aromatic rings. The molecule has 170 valence electrons. The van der Waals surface area contributed by atoms with Crippen molar-refractivity contribution in [3.05, 3.63) is 131 Å². The maximum atomic E-state index is 13.6. The number of anilines is 1. The minimum Gasteiger partial charge on any atom is -0.489 e. The molecule has 4 aromatic carbocycles. The molecule has 0 fully saturated rings. The molecule has 0 radical (unpaired) electrons. The van der Waals surface area contributed by atoms with Crippen molar-refractivity contribution >= 4 is 11.6 Å². The Morgan fingerprint density at radius 3 is 2.09 bits per heavy atom. The van der Waals surface area contributed by atoms with Gasteiger partial charge in [-0.15, -0.1) is 0 Å². The molecule has 0 aromatic heterocycles. The van der Waals surface area contributed by atoms with Gasteiger partial charge in [0.2, 0.25) is 0 Å². The monoisotopic (exact) mass is 448 g/mol. The molecule has 1 N–H and O–H groups in total. The van der Waals surface area contributed by atoms with Gasteiger partial charge in [0.25, 0.3) is 5.91 Å². The van der Waals surface area contributed by atoms with Crippen molar-refractivity contribution in [3.8, 4) is 5.75 Å². The summed E-state index contributed by atoms with van der Waals surface area (Å²) in [6.07, 6.45) is 0.782. The minimum absolute atomic E-state index is 0.0391. The van der Waals surface area contributed by atoms with E-state index in [1.54, 1.807) is 0 Å². The second-order valence-corrected chi connectivity index (χ2v) is 8.73. The molecular weight excluding hydrogens is 420 g/mol. The summed E-state index contributed by atoms with van der Waals surface area (Å²) in [4.78, 5) is 15.6. The van der Waals surface area contributed by atoms with Crippen molar-refractivity contribution in [2.45, 2.75) is 25.6 Å². The van der Waals surface area contributed by atoms with Crippen LogP contribution in [-0.4, -0.2) is 17.4 Å². The number of ether oxygens (including phenoxy) is 1. The number of nitrogens with zero attached hydrogens (tertiary/aromatic N) is 1. The summed E-state index contributed by atoms with van der Waals surface area (Å²) in [5.41, 5.74) is 4.22. The highest BCUT2D eigenvalue weighted by Crippen LogP contribution is 2.38. The molecule has 1 aliphatic heterocycles. The van der Waals surface area contributed by atoms with Gasteiger partial charge in [-0.1, -0.05) is 84.9 Å². The van der Waals surface area contributed by atoms with E-state index >= 15 is 0 Å². The fraction of sp³-hybridized carbons (Fsp3) is 0.167. The zero-order chi connectivity index (χ0) is 23.4. The Kier molecular flexibility index (Phi) is 6.05. The zero-order valence-corrected chi connectivity index (χ0v) is 19.3. The molecule has 1 heterocycles. The van der Waals surface area contributed by atoms with E-state index in [-0.39, 0.29) is 5.91 Å². The van der Waals surface area contributed by atoms with Gasteiger partial charge in [0.05, 0.1) is 5.56 Å². The number of hydrogen-bond acceptors (Lipinski definition) is 3. The van der Waals surface area contributed by atoms with Crippen molar-refractivity contribution in [3.63, 3.8) is 0 Å². The molecule has 4 heteroatoms. The number of fused-ring (bicyclic) bond motifs is 1. The second kappa shape index (κ2) is 9.44. The normalized spacial score (nSPS) is 17.1. The summed E-state index contributed by atoms with van der Waals surface area (Å²) in [6.45, 7) is 3.20. The van der Waals surface area contributed by atoms with Crippen LogP contribution in [0.1, 0.15) is 34.0 Å². The van der Waals surface area contributed by atoms with E-state index in [0.29, 0.717) is 18.7 Å². The van der Waals surface area contributed by atoms with E-state index < -0.39 is 5.66 Å². The smallest absolute Gasteiger partial charge is 0.258 e. The van der Waals surface area contributed by atoms with Crippen LogP contribution in [0.3, 0.4) is 0 Å². The first-order valence-corrected chi connectivity index (χ1v) is 11.6. The van der Waals surface area contributed by atoms with Crippen LogP contribution < -0.4 is 10.1 Å². The fourth-order valence-corrected chi connectivity index (χ4v) is 4.51. The van der Waals surface area contributed by atoms with Gasteiger partial charge in [0.15, 0.2) is 0 Å². The van der Waals surface area contributed by atoms with Crippen LogP contribution in [0.2, 0.25) is 0 Å². The molecule has 0 saturated carbocycles. The highest BCUT2D eigenvalue weighted by Gasteiger charge is 2.42. The molecule has 34 heavy (non-hydrogen) atoms. The SMILES string of the molecule is CC1(c2ccc(OCc3ccccc3)cc2)Nc2ccccc2C(=O)N1CCc1ccccc1. The van der Waals surface area contributed by atoms with Crippen LogP contribution in [0, 0.1) is 0 Å². The Labute approximate surface area is 200 Å². The summed E-state index contributed by atoms with van der Waals surface area (Å²) in [5, 5.41) is 3.65. The van der Waals surface area contributed by atoms with Gasteiger partial charge >= 0.3 is 0 Å². The predicted octanol–water partition coefficient (Wildman–Crippen LogP) is 6.25. The molecule has 4 nitrogen and oxygen atoms in total. The zero-order valence-electron chi connectivity index (χ0n) is 19.3. The average molecular weight is 449 g/mol. The van der Waals surface area contributed by atoms with Crippen molar-refractivity contribution in [1.29, 1.82) is 0 Å². The number of carbonyl (C=O) groups excluding carboxylic acids is 1. The number of amides is 1. The third-order valence-corrected chi connectivity index (χ3v) is 6.45. The fourth-order valence-electron chi connectivity index (χ4n) is 4.51. The van der Waals surface area contributed by atoms with E-state index in [1.807, 2.05) is 89.8 Å². The summed E-state index contributed by atoms with van der Waals surface area (Å²) in [5.74, 6) is 0.840. The second-order valence-electron chi connectivity index (χ2n) is 8.73. The first-order valence-electron chi connectivity index (χ1n) is 11.6. The lowest BCUT2D eigenvalue weighted by Gasteiger charge is -2.47. The summed E-state index contributed by atoms with van der Waals surface area (Å²) in [6, 6.07) is 36.2. The Bertz CT molecular complexity index is 1260. The third kappa shape index (κ3) is 4.40. The van der Waals surface area contributed by atoms with Crippen molar-refractivity contribution < 1.29 is 9.53 Å². The number of hydrogen-bond donors (Lipinski definition) is 1. The van der Waals surface area contributed by atoms with Gasteiger partial charge in [0, 0.05) is 12.2 Å². The maximum Gasteiger partial charge on any atom is 0.258 e. The topological polar surface area (TPSA) is 41.6 Å². The Morgan fingerprint density at radius 2 is 1.38 bits per heavy atom. The van der Waals surface area contributed by atoms with E-state index in [4.69, 9.17) is 4.74 Å². The molecule has 1 amide bonds. The first-order chi connectivity index (χ1) is 16.6. The first kappa shape index (κ1) is 21.8. The number of para-hydroxylation sites is 1. The summed E-state index contributed by atoms with van der Waals surface area (Å²) < 4.78 is 5.98. The van der Waals surface area contributed by atoms with Gasteiger partial charge in [-0.05, 0) is 54.3 Å². The van der Waals surface area contributed by atoms with Gasteiger partial charge in [-0.3, -0.25) is 4.79 Å². The molecular formula is C30H28N2O2. The maximum absolute atomic E-state index is 13.6. The molecule has 5 rings (SSSR count). The van der Waals surface area contributed by atoms with Crippen molar-refractivity contribution in [2.75, 3.05) is 11.9 Å². The van der Waals surface area contributed by atoms with Crippen LogP contribution in [0.4, 0.5) is 5.69 Å².